The van der Waals surface area contributed by atoms with Gasteiger partial charge < -0.3 is 10.2 Å². The number of nitrogen functional groups attached to an aromatic ring is 1. The summed E-state index contributed by atoms with van der Waals surface area (Å²) in [5.74, 6) is 8.39. The van der Waals surface area contributed by atoms with Crippen LogP contribution in [-0.4, -0.2) is 22.8 Å². The number of methoxy groups -OCH3 is 1. The number of nitrogens with two attached hydrogens (primary N) is 1. The molecule has 0 saturated carbocycles. The van der Waals surface area contributed by atoms with Gasteiger partial charge in [-0.25, -0.2) is 15.8 Å². The van der Waals surface area contributed by atoms with Crippen LogP contribution in [0.25, 0.3) is 0 Å². The standard InChI is InChI=1S/C11H20N4OS/c1-8(2)4-5-17-11-6-9(15-12)13-10(14-11)7-16-3/h6,8H,4-5,7,12H2,1-3H3,(H,13,14,15). The summed E-state index contributed by atoms with van der Waals surface area (Å²) in [5, 5.41) is 0.931. The predicted octanol–water partition coefficient (Wildman–Crippen LogP) is 2.05. The Kier molecular flexibility index (Phi) is 6.25. The molecule has 0 saturated heterocycles. The van der Waals surface area contributed by atoms with Crippen LogP contribution < -0.4 is 11.3 Å². The molecule has 1 heterocycles. The number of ether oxygens (including phenoxy) is 1. The molecule has 0 aliphatic carbocycles. The monoisotopic (exact) mass is 256 g/mol. The molecule has 0 spiro atoms. The highest BCUT2D eigenvalue weighted by Gasteiger charge is 2.05. The summed E-state index contributed by atoms with van der Waals surface area (Å²) in [5.41, 5.74) is 2.55. The van der Waals surface area contributed by atoms with Crippen molar-refractivity contribution in [2.45, 2.75) is 31.9 Å². The summed E-state index contributed by atoms with van der Waals surface area (Å²) in [6.07, 6.45) is 1.17. The number of aromatic nitrogens is 2. The zero-order chi connectivity index (χ0) is 12.7. The molecule has 3 N–H and O–H groups in total. The number of nitrogens with one attached hydrogen (secondary N) is 1. The molecule has 0 atom stereocenters. The maximum absolute atomic E-state index is 5.37. The van der Waals surface area contributed by atoms with Gasteiger partial charge in [-0.2, -0.15) is 0 Å². The van der Waals surface area contributed by atoms with E-state index in [1.54, 1.807) is 18.9 Å². The molecule has 0 fully saturated rings. The molecule has 17 heavy (non-hydrogen) atoms. The molecular weight excluding hydrogens is 236 g/mol. The lowest BCUT2D eigenvalue weighted by atomic mass is 10.2. The second-order valence-corrected chi connectivity index (χ2v) is 5.23. The Morgan fingerprint density at radius 1 is 1.47 bits per heavy atom. The second-order valence-electron chi connectivity index (χ2n) is 4.12. The molecular formula is C11H20N4OS. The van der Waals surface area contributed by atoms with Gasteiger partial charge in [-0.15, -0.1) is 11.8 Å². The summed E-state index contributed by atoms with van der Waals surface area (Å²) in [7, 11) is 1.62. The van der Waals surface area contributed by atoms with Crippen molar-refractivity contribution in [3.05, 3.63) is 11.9 Å². The zero-order valence-electron chi connectivity index (χ0n) is 10.6. The number of nitrogens with zero attached hydrogens (tertiary/aromatic N) is 2. The minimum Gasteiger partial charge on any atom is -0.377 e. The molecule has 0 amide bonds. The van der Waals surface area contributed by atoms with Crippen LogP contribution in [0.5, 0.6) is 0 Å². The van der Waals surface area contributed by atoms with Crippen molar-refractivity contribution in [2.24, 2.45) is 11.8 Å². The smallest absolute Gasteiger partial charge is 0.157 e. The van der Waals surface area contributed by atoms with Gasteiger partial charge in [0.1, 0.15) is 17.5 Å². The summed E-state index contributed by atoms with van der Waals surface area (Å²) in [6, 6.07) is 1.85. The lowest BCUT2D eigenvalue weighted by Crippen LogP contribution is -2.11. The Labute approximate surface area is 107 Å². The van der Waals surface area contributed by atoms with Gasteiger partial charge in [-0.3, -0.25) is 0 Å². The lowest BCUT2D eigenvalue weighted by Gasteiger charge is -2.07. The van der Waals surface area contributed by atoms with Crippen LogP contribution in [0, 0.1) is 5.92 Å². The van der Waals surface area contributed by atoms with E-state index in [1.807, 2.05) is 6.07 Å². The molecule has 0 aliphatic rings. The highest BCUT2D eigenvalue weighted by atomic mass is 32.2. The lowest BCUT2D eigenvalue weighted by molar-refractivity contribution is 0.177. The molecule has 0 bridgehead atoms. The molecule has 5 nitrogen and oxygen atoms in total. The fraction of sp³-hybridized carbons (Fsp3) is 0.636. The van der Waals surface area contributed by atoms with Crippen molar-refractivity contribution in [3.8, 4) is 0 Å². The van der Waals surface area contributed by atoms with Crippen molar-refractivity contribution in [1.82, 2.24) is 9.97 Å². The van der Waals surface area contributed by atoms with Gasteiger partial charge in [-0.1, -0.05) is 13.8 Å². The highest BCUT2D eigenvalue weighted by Crippen LogP contribution is 2.20. The molecule has 1 aromatic heterocycles. The van der Waals surface area contributed by atoms with Crippen LogP contribution >= 0.6 is 11.8 Å². The van der Waals surface area contributed by atoms with E-state index in [0.717, 1.165) is 10.8 Å². The van der Waals surface area contributed by atoms with Gasteiger partial charge >= 0.3 is 0 Å². The topological polar surface area (TPSA) is 73.1 Å². The normalized spacial score (nSPS) is 10.9. The molecule has 96 valence electrons. The summed E-state index contributed by atoms with van der Waals surface area (Å²) < 4.78 is 5.02. The first-order valence-corrected chi connectivity index (χ1v) is 6.60. The SMILES string of the molecule is COCc1nc(NN)cc(SCCC(C)C)n1. The summed E-state index contributed by atoms with van der Waals surface area (Å²) in [4.78, 5) is 8.60. The van der Waals surface area contributed by atoms with Crippen molar-refractivity contribution >= 4 is 17.6 Å². The first-order chi connectivity index (χ1) is 8.15. The van der Waals surface area contributed by atoms with E-state index in [4.69, 9.17) is 10.6 Å². The Bertz CT molecular complexity index is 346. The quantitative estimate of drug-likeness (QED) is 0.337. The molecule has 1 aromatic rings. The van der Waals surface area contributed by atoms with Crippen molar-refractivity contribution in [3.63, 3.8) is 0 Å². The predicted molar refractivity (Wildman–Crippen MR) is 70.7 cm³/mol. The fourth-order valence-electron chi connectivity index (χ4n) is 1.21. The number of thioether (sulfide) groups is 1. The first kappa shape index (κ1) is 14.2. The van der Waals surface area contributed by atoms with Crippen molar-refractivity contribution in [1.29, 1.82) is 0 Å². The largest absolute Gasteiger partial charge is 0.377 e. The molecule has 1 rings (SSSR count). The maximum atomic E-state index is 5.37. The van der Waals surface area contributed by atoms with Crippen molar-refractivity contribution in [2.75, 3.05) is 18.3 Å². The Morgan fingerprint density at radius 3 is 2.82 bits per heavy atom. The van der Waals surface area contributed by atoms with Gasteiger partial charge in [0.05, 0.1) is 0 Å². The maximum Gasteiger partial charge on any atom is 0.157 e. The van der Waals surface area contributed by atoms with Gasteiger partial charge in [0.2, 0.25) is 0 Å². The molecule has 6 heteroatoms. The number of hydrazine groups is 1. The molecule has 0 aliphatic heterocycles. The minimum atomic E-state index is 0.396. The molecule has 0 radical (unpaired) electrons. The third kappa shape index (κ3) is 5.34. The second kappa shape index (κ2) is 7.47. The van der Waals surface area contributed by atoms with Crippen LogP contribution in [0.2, 0.25) is 0 Å². The van der Waals surface area contributed by atoms with Gasteiger partial charge in [-0.05, 0) is 18.1 Å². The van der Waals surface area contributed by atoms with Crippen LogP contribution in [0.3, 0.4) is 0 Å². The number of rotatable bonds is 7. The molecule has 0 unspecified atom stereocenters. The van der Waals surface area contributed by atoms with Crippen molar-refractivity contribution < 1.29 is 4.74 Å². The van der Waals surface area contributed by atoms with Gasteiger partial charge in [0.25, 0.3) is 0 Å². The number of hydrogen-bond donors (Lipinski definition) is 2. The van der Waals surface area contributed by atoms with Gasteiger partial charge in [0, 0.05) is 13.2 Å². The fourth-order valence-corrected chi connectivity index (χ4v) is 2.38. The van der Waals surface area contributed by atoms with E-state index in [-0.39, 0.29) is 0 Å². The van der Waals surface area contributed by atoms with Crippen LogP contribution in [0.1, 0.15) is 26.1 Å². The number of hydrogen-bond acceptors (Lipinski definition) is 6. The van der Waals surface area contributed by atoms with E-state index in [0.29, 0.717) is 24.2 Å². The van der Waals surface area contributed by atoms with Crippen LogP contribution in [0.4, 0.5) is 5.82 Å². The molecule has 0 aromatic carbocycles. The Hall–Kier alpha value is -0.850. The van der Waals surface area contributed by atoms with Crippen LogP contribution in [-0.2, 0) is 11.3 Å². The number of anilines is 1. The van der Waals surface area contributed by atoms with E-state index in [1.165, 1.54) is 6.42 Å². The average molecular weight is 256 g/mol. The zero-order valence-corrected chi connectivity index (χ0v) is 11.4. The summed E-state index contributed by atoms with van der Waals surface area (Å²) in [6.45, 7) is 4.82. The third-order valence-electron chi connectivity index (χ3n) is 2.12. The Morgan fingerprint density at radius 2 is 2.24 bits per heavy atom. The van der Waals surface area contributed by atoms with E-state index in [9.17, 15) is 0 Å². The Balaban J connectivity index is 2.66. The third-order valence-corrected chi connectivity index (χ3v) is 3.06. The van der Waals surface area contributed by atoms with E-state index >= 15 is 0 Å². The first-order valence-electron chi connectivity index (χ1n) is 5.62. The summed E-state index contributed by atoms with van der Waals surface area (Å²) >= 11 is 1.72. The van der Waals surface area contributed by atoms with E-state index in [2.05, 4.69) is 29.2 Å². The average Bonchev–Trinajstić information content (AvgIpc) is 2.28. The van der Waals surface area contributed by atoms with E-state index < -0.39 is 0 Å². The van der Waals surface area contributed by atoms with Crippen LogP contribution in [0.15, 0.2) is 11.1 Å². The minimum absolute atomic E-state index is 0.396. The highest BCUT2D eigenvalue weighted by molar-refractivity contribution is 7.99. The van der Waals surface area contributed by atoms with Gasteiger partial charge in [0.15, 0.2) is 5.82 Å².